The summed E-state index contributed by atoms with van der Waals surface area (Å²) in [7, 11) is 3.83. The number of nitrogens with zero attached hydrogens (tertiary/aromatic N) is 3. The summed E-state index contributed by atoms with van der Waals surface area (Å²) in [5.41, 5.74) is 3.67. The maximum Gasteiger partial charge on any atom is 0.231 e. The lowest BCUT2D eigenvalue weighted by Gasteiger charge is -2.22. The van der Waals surface area contributed by atoms with Crippen LogP contribution in [0.2, 0.25) is 0 Å². The molecule has 0 bridgehead atoms. The molecule has 0 saturated carbocycles. The molecule has 0 fully saturated rings. The Morgan fingerprint density at radius 1 is 1.28 bits per heavy atom. The first-order chi connectivity index (χ1) is 12.2. The predicted molar refractivity (Wildman–Crippen MR) is 98.1 cm³/mol. The minimum atomic E-state index is 0.298. The molecular weight excluding hydrogens is 316 g/mol. The Hall–Kier alpha value is -2.76. The maximum atomic E-state index is 5.44. The van der Waals surface area contributed by atoms with Crippen LogP contribution in [0.4, 0.5) is 0 Å². The first-order valence-corrected chi connectivity index (χ1v) is 8.37. The van der Waals surface area contributed by atoms with E-state index in [0.29, 0.717) is 6.79 Å². The zero-order chi connectivity index (χ0) is 17.6. The highest BCUT2D eigenvalue weighted by atomic mass is 16.7. The lowest BCUT2D eigenvalue weighted by atomic mass is 10.1. The molecule has 6 nitrogen and oxygen atoms in total. The molecule has 0 amide bonds. The minimum absolute atomic E-state index is 0.298. The number of pyridine rings is 1. The van der Waals surface area contributed by atoms with E-state index in [-0.39, 0.29) is 0 Å². The number of rotatable bonds is 5. The van der Waals surface area contributed by atoms with Gasteiger partial charge < -0.3 is 19.7 Å². The largest absolute Gasteiger partial charge is 0.454 e. The molecule has 2 heterocycles. The molecule has 1 aromatic heterocycles. The summed E-state index contributed by atoms with van der Waals surface area (Å²) in [6, 6.07) is 8.09. The number of hydrogen-bond donors (Lipinski definition) is 1. The number of guanidine groups is 1. The molecule has 1 aliphatic heterocycles. The van der Waals surface area contributed by atoms with Crippen LogP contribution in [0, 0.1) is 6.92 Å². The third-order valence-electron chi connectivity index (χ3n) is 4.24. The van der Waals surface area contributed by atoms with Crippen LogP contribution in [0.5, 0.6) is 11.5 Å². The van der Waals surface area contributed by atoms with Crippen molar-refractivity contribution >= 4 is 5.96 Å². The number of aliphatic imine (C=N–C) groups is 1. The van der Waals surface area contributed by atoms with Crippen molar-refractivity contribution in [2.75, 3.05) is 27.4 Å². The van der Waals surface area contributed by atoms with Crippen LogP contribution < -0.4 is 14.8 Å². The maximum absolute atomic E-state index is 5.44. The van der Waals surface area contributed by atoms with Crippen LogP contribution in [0.3, 0.4) is 0 Å². The third kappa shape index (κ3) is 4.21. The molecule has 0 radical (unpaired) electrons. The fourth-order valence-corrected chi connectivity index (χ4v) is 2.86. The zero-order valence-electron chi connectivity index (χ0n) is 15.0. The summed E-state index contributed by atoms with van der Waals surface area (Å²) >= 11 is 0. The van der Waals surface area contributed by atoms with E-state index in [9.17, 15) is 0 Å². The molecule has 1 aromatic carbocycles. The van der Waals surface area contributed by atoms with Crippen LogP contribution in [0.25, 0.3) is 0 Å². The van der Waals surface area contributed by atoms with E-state index in [2.05, 4.69) is 39.2 Å². The molecule has 132 valence electrons. The summed E-state index contributed by atoms with van der Waals surface area (Å²) in [6.45, 7) is 3.95. The van der Waals surface area contributed by atoms with Gasteiger partial charge in [0.1, 0.15) is 0 Å². The van der Waals surface area contributed by atoms with Crippen molar-refractivity contribution in [3.05, 3.63) is 53.3 Å². The molecule has 1 N–H and O–H groups in total. The fourth-order valence-electron chi connectivity index (χ4n) is 2.86. The Kier molecular flexibility index (Phi) is 5.38. The number of aromatic nitrogens is 1. The van der Waals surface area contributed by atoms with E-state index in [4.69, 9.17) is 9.47 Å². The van der Waals surface area contributed by atoms with Gasteiger partial charge in [0.05, 0.1) is 0 Å². The van der Waals surface area contributed by atoms with E-state index in [1.165, 1.54) is 11.1 Å². The molecule has 0 saturated heterocycles. The molecule has 0 spiro atoms. The number of hydrogen-bond acceptors (Lipinski definition) is 4. The standard InChI is InChI=1S/C19H24N4O2/c1-14-11-21-8-6-16(14)7-9-22-19(20-2)23(3)12-15-4-5-17-18(10-15)25-13-24-17/h4-6,8,10-11H,7,9,12-13H2,1-3H3,(H,20,22). The predicted octanol–water partition coefficient (Wildman–Crippen LogP) is 2.37. The zero-order valence-corrected chi connectivity index (χ0v) is 15.0. The van der Waals surface area contributed by atoms with Crippen LogP contribution in [0.1, 0.15) is 16.7 Å². The average Bonchev–Trinajstić information content (AvgIpc) is 3.08. The van der Waals surface area contributed by atoms with Gasteiger partial charge in [0.15, 0.2) is 17.5 Å². The third-order valence-corrected chi connectivity index (χ3v) is 4.24. The second-order valence-electron chi connectivity index (χ2n) is 6.07. The Labute approximate surface area is 148 Å². The van der Waals surface area contributed by atoms with Gasteiger partial charge in [0.2, 0.25) is 6.79 Å². The van der Waals surface area contributed by atoms with Gasteiger partial charge in [0.25, 0.3) is 0 Å². The lowest BCUT2D eigenvalue weighted by Crippen LogP contribution is -2.39. The van der Waals surface area contributed by atoms with Gasteiger partial charge in [-0.1, -0.05) is 6.07 Å². The summed E-state index contributed by atoms with van der Waals surface area (Å²) in [4.78, 5) is 10.6. The molecule has 3 rings (SSSR count). The molecule has 0 aliphatic carbocycles. The van der Waals surface area contributed by atoms with E-state index < -0.39 is 0 Å². The highest BCUT2D eigenvalue weighted by molar-refractivity contribution is 5.79. The Morgan fingerprint density at radius 3 is 2.92 bits per heavy atom. The first kappa shape index (κ1) is 17.1. The van der Waals surface area contributed by atoms with Gasteiger partial charge in [-0.05, 0) is 48.2 Å². The van der Waals surface area contributed by atoms with Crippen molar-refractivity contribution < 1.29 is 9.47 Å². The van der Waals surface area contributed by atoms with E-state index in [1.54, 1.807) is 7.05 Å². The minimum Gasteiger partial charge on any atom is -0.454 e. The van der Waals surface area contributed by atoms with Gasteiger partial charge in [-0.15, -0.1) is 0 Å². The number of fused-ring (bicyclic) bond motifs is 1. The molecule has 25 heavy (non-hydrogen) atoms. The normalized spacial score (nSPS) is 13.0. The number of ether oxygens (including phenoxy) is 2. The average molecular weight is 340 g/mol. The molecule has 1 aliphatic rings. The van der Waals surface area contributed by atoms with Crippen LogP contribution in [0.15, 0.2) is 41.7 Å². The van der Waals surface area contributed by atoms with Gasteiger partial charge in [-0.25, -0.2) is 0 Å². The monoisotopic (exact) mass is 340 g/mol. The molecule has 0 atom stereocenters. The van der Waals surface area contributed by atoms with Gasteiger partial charge in [-0.3, -0.25) is 9.98 Å². The molecule has 2 aromatic rings. The number of nitrogens with one attached hydrogen (secondary N) is 1. The first-order valence-electron chi connectivity index (χ1n) is 8.37. The Balaban J connectivity index is 1.54. The van der Waals surface area contributed by atoms with Crippen LogP contribution in [-0.2, 0) is 13.0 Å². The SMILES string of the molecule is CN=C(NCCc1ccncc1C)N(C)Cc1ccc2c(c1)OCO2. The summed E-state index contributed by atoms with van der Waals surface area (Å²) in [5.74, 6) is 2.48. The fraction of sp³-hybridized carbons (Fsp3) is 0.368. The van der Waals surface area contributed by atoms with Crippen molar-refractivity contribution in [2.24, 2.45) is 4.99 Å². The van der Waals surface area contributed by atoms with Gasteiger partial charge >= 0.3 is 0 Å². The van der Waals surface area contributed by atoms with Crippen molar-refractivity contribution in [1.82, 2.24) is 15.2 Å². The van der Waals surface area contributed by atoms with Crippen molar-refractivity contribution in [1.29, 1.82) is 0 Å². The molecule has 0 unspecified atom stereocenters. The Bertz CT molecular complexity index is 761. The quantitative estimate of drug-likeness (QED) is 0.669. The second kappa shape index (κ2) is 7.88. The smallest absolute Gasteiger partial charge is 0.231 e. The van der Waals surface area contributed by atoms with Crippen LogP contribution in [-0.4, -0.2) is 43.3 Å². The van der Waals surface area contributed by atoms with Crippen molar-refractivity contribution in [3.63, 3.8) is 0 Å². The Morgan fingerprint density at radius 2 is 2.12 bits per heavy atom. The highest BCUT2D eigenvalue weighted by Crippen LogP contribution is 2.32. The molecule has 6 heteroatoms. The van der Waals surface area contributed by atoms with Gasteiger partial charge in [-0.2, -0.15) is 0 Å². The second-order valence-corrected chi connectivity index (χ2v) is 6.07. The summed E-state index contributed by atoms with van der Waals surface area (Å²) in [5, 5.41) is 3.42. The number of benzene rings is 1. The molecular formula is C19H24N4O2. The highest BCUT2D eigenvalue weighted by Gasteiger charge is 2.14. The van der Waals surface area contributed by atoms with Gasteiger partial charge in [0, 0.05) is 39.6 Å². The summed E-state index contributed by atoms with van der Waals surface area (Å²) in [6.07, 6.45) is 4.67. The van der Waals surface area contributed by atoms with E-state index in [1.807, 2.05) is 31.6 Å². The number of aryl methyl sites for hydroxylation is 1. The van der Waals surface area contributed by atoms with E-state index >= 15 is 0 Å². The lowest BCUT2D eigenvalue weighted by molar-refractivity contribution is 0.174. The summed E-state index contributed by atoms with van der Waals surface area (Å²) < 4.78 is 10.8. The van der Waals surface area contributed by atoms with E-state index in [0.717, 1.165) is 42.5 Å². The van der Waals surface area contributed by atoms with Crippen molar-refractivity contribution in [3.8, 4) is 11.5 Å². The topological polar surface area (TPSA) is 59.0 Å². The van der Waals surface area contributed by atoms with Crippen LogP contribution >= 0.6 is 0 Å². The van der Waals surface area contributed by atoms with Crippen molar-refractivity contribution in [2.45, 2.75) is 19.9 Å².